The molecule has 8 rings (SSSR count). The average Bonchev–Trinajstić information content (AvgIpc) is 3.76. The van der Waals surface area contributed by atoms with Gasteiger partial charge in [-0.25, -0.2) is 12.2 Å². The normalized spacial score (nSPS) is 14.8. The summed E-state index contributed by atoms with van der Waals surface area (Å²) in [7, 11) is 9.87. The predicted octanol–water partition coefficient (Wildman–Crippen LogP) is 9.28. The SMILES string of the molecule is [C-]1=Cc2ccccc2C1n1cccc1.[Cl][Zr+2][Cl].c1ccc2[cH-]c(-n3c4c(c5ccccc53)CCC4)cc2c1. The topological polar surface area (TPSA) is 9.86 Å². The maximum absolute atomic E-state index is 4.93. The third kappa shape index (κ3) is 4.89. The number of aromatic nitrogens is 2. The van der Waals surface area contributed by atoms with E-state index in [0.717, 1.165) is 0 Å². The molecule has 1 unspecified atom stereocenters. The van der Waals surface area contributed by atoms with E-state index in [2.05, 4.69) is 119 Å². The molecule has 186 valence electrons. The number of para-hydroxylation sites is 1. The van der Waals surface area contributed by atoms with Crippen molar-refractivity contribution in [2.45, 2.75) is 25.3 Å². The van der Waals surface area contributed by atoms with Crippen molar-refractivity contribution < 1.29 is 20.8 Å². The smallest absolute Gasteiger partial charge is 0.0516 e. The molecule has 1 atom stereocenters. The zero-order valence-electron chi connectivity index (χ0n) is 20.8. The van der Waals surface area contributed by atoms with Gasteiger partial charge in [0.15, 0.2) is 0 Å². The number of rotatable bonds is 2. The fraction of sp³-hybridized carbons (Fsp3) is 0.121. The summed E-state index contributed by atoms with van der Waals surface area (Å²) in [6.45, 7) is 0. The molecular weight excluding hydrogens is 587 g/mol. The molecule has 0 saturated carbocycles. The van der Waals surface area contributed by atoms with E-state index in [4.69, 9.17) is 17.0 Å². The first-order valence-corrected chi connectivity index (χ1v) is 19.2. The Bertz CT molecular complexity index is 1680. The molecule has 0 aliphatic heterocycles. The van der Waals surface area contributed by atoms with Crippen molar-refractivity contribution in [3.05, 3.63) is 138 Å². The molecule has 38 heavy (non-hydrogen) atoms. The van der Waals surface area contributed by atoms with E-state index in [1.165, 1.54) is 63.4 Å². The molecule has 0 fully saturated rings. The Morgan fingerprint density at radius 3 is 2.42 bits per heavy atom. The molecule has 5 heteroatoms. The summed E-state index contributed by atoms with van der Waals surface area (Å²) in [4.78, 5) is 0. The van der Waals surface area contributed by atoms with Crippen LogP contribution in [-0.4, -0.2) is 9.13 Å². The number of allylic oxidation sites excluding steroid dienone is 1. The molecule has 0 saturated heterocycles. The Labute approximate surface area is 242 Å². The van der Waals surface area contributed by atoms with Crippen LogP contribution in [0.3, 0.4) is 0 Å². The number of benzene rings is 3. The summed E-state index contributed by atoms with van der Waals surface area (Å²) in [6, 6.07) is 34.9. The minimum absolute atomic E-state index is 0.265. The first-order valence-electron chi connectivity index (χ1n) is 12.8. The molecule has 2 aliphatic rings. The quantitative estimate of drug-likeness (QED) is 0.173. The van der Waals surface area contributed by atoms with Crippen LogP contribution in [0, 0.1) is 6.08 Å². The van der Waals surface area contributed by atoms with Gasteiger partial charge < -0.3 is 9.13 Å². The van der Waals surface area contributed by atoms with Gasteiger partial charge in [-0.15, -0.1) is 52.7 Å². The maximum Gasteiger partial charge on any atom is 0.0516 e. The third-order valence-corrected chi connectivity index (χ3v) is 7.40. The number of halogens is 2. The zero-order valence-corrected chi connectivity index (χ0v) is 24.8. The third-order valence-electron chi connectivity index (χ3n) is 7.40. The van der Waals surface area contributed by atoms with Gasteiger partial charge in [0, 0.05) is 23.5 Å². The zero-order chi connectivity index (χ0) is 25.9. The van der Waals surface area contributed by atoms with E-state index in [1.54, 1.807) is 5.56 Å². The predicted molar refractivity (Wildman–Crippen MR) is 157 cm³/mol. The van der Waals surface area contributed by atoms with Gasteiger partial charge in [-0.2, -0.15) is 5.56 Å². The monoisotopic (exact) mass is 610 g/mol. The Morgan fingerprint density at radius 2 is 1.58 bits per heavy atom. The summed E-state index contributed by atoms with van der Waals surface area (Å²) in [6.07, 6.45) is 13.3. The number of hydrogen-bond acceptors (Lipinski definition) is 0. The molecule has 0 spiro atoms. The number of nitrogens with zero attached hydrogens (tertiary/aromatic N) is 2. The summed E-state index contributed by atoms with van der Waals surface area (Å²) in [5.74, 6) is 0. The Balaban J connectivity index is 0.000000135. The molecule has 2 aromatic heterocycles. The van der Waals surface area contributed by atoms with Crippen molar-refractivity contribution in [2.75, 3.05) is 0 Å². The van der Waals surface area contributed by atoms with Gasteiger partial charge in [0.05, 0.1) is 5.52 Å². The minimum atomic E-state index is -0.826. The van der Waals surface area contributed by atoms with Crippen molar-refractivity contribution in [1.29, 1.82) is 0 Å². The van der Waals surface area contributed by atoms with E-state index in [1.807, 2.05) is 12.1 Å². The molecule has 0 N–H and O–H groups in total. The molecule has 4 aromatic carbocycles. The number of fused-ring (bicyclic) bond motifs is 5. The molecule has 2 nitrogen and oxygen atoms in total. The van der Waals surface area contributed by atoms with Crippen LogP contribution in [-0.2, 0) is 33.7 Å². The molecule has 6 aromatic rings. The van der Waals surface area contributed by atoms with Crippen molar-refractivity contribution in [3.63, 3.8) is 0 Å². The number of aryl methyl sites for hydroxylation is 1. The van der Waals surface area contributed by atoms with Crippen LogP contribution in [0.1, 0.15) is 34.8 Å². The van der Waals surface area contributed by atoms with Crippen LogP contribution in [0.15, 0.2) is 109 Å². The van der Waals surface area contributed by atoms with Crippen LogP contribution < -0.4 is 0 Å². The van der Waals surface area contributed by atoms with Crippen LogP contribution in [0.25, 0.3) is 33.4 Å². The molecular formula is C33H26Cl2N2Zr. The second kappa shape index (κ2) is 11.6. The largest absolute Gasteiger partial charge is 0.332 e. The van der Waals surface area contributed by atoms with Crippen LogP contribution in [0.4, 0.5) is 0 Å². The van der Waals surface area contributed by atoms with E-state index >= 15 is 0 Å². The second-order valence-corrected chi connectivity index (χ2v) is 13.2. The van der Waals surface area contributed by atoms with Crippen molar-refractivity contribution in [1.82, 2.24) is 9.13 Å². The molecule has 2 heterocycles. The van der Waals surface area contributed by atoms with Gasteiger partial charge in [-0.05, 0) is 54.8 Å². The molecule has 0 radical (unpaired) electrons. The molecule has 2 aliphatic carbocycles. The Hall–Kier alpha value is -2.71. The van der Waals surface area contributed by atoms with E-state index in [9.17, 15) is 0 Å². The summed E-state index contributed by atoms with van der Waals surface area (Å²) < 4.78 is 4.65. The number of hydrogen-bond donors (Lipinski definition) is 0. The standard InChI is InChI=1S/C20H16N.C13H10N.2ClH.Zr/c1-2-7-15-13-16(12-14(15)6-1)21-19-10-4-3-8-17(19)18-9-5-11-20(18)21;1-2-6-12-11(5-1)7-8-13(12)14-9-3-4-10-14;;;/h1-4,6-8,10,12-13H,5,9,11H2;1-7,9-10,13H;2*1H;/q2*-1;;;+4/p-2. The molecule has 0 bridgehead atoms. The fourth-order valence-electron chi connectivity index (χ4n) is 5.81. The second-order valence-electron chi connectivity index (χ2n) is 9.52. The summed E-state index contributed by atoms with van der Waals surface area (Å²) >= 11 is -0.826. The van der Waals surface area contributed by atoms with Gasteiger partial charge in [0.1, 0.15) is 0 Å². The van der Waals surface area contributed by atoms with E-state index < -0.39 is 20.8 Å². The van der Waals surface area contributed by atoms with Gasteiger partial charge in [-0.1, -0.05) is 42.5 Å². The van der Waals surface area contributed by atoms with Crippen molar-refractivity contribution >= 4 is 44.8 Å². The average molecular weight is 613 g/mol. The van der Waals surface area contributed by atoms with Gasteiger partial charge in [0.25, 0.3) is 0 Å². The van der Waals surface area contributed by atoms with Crippen LogP contribution in [0.5, 0.6) is 0 Å². The maximum atomic E-state index is 4.93. The Kier molecular flexibility index (Phi) is 7.79. The van der Waals surface area contributed by atoms with Crippen molar-refractivity contribution in [2.24, 2.45) is 0 Å². The summed E-state index contributed by atoms with van der Waals surface area (Å²) in [5, 5.41) is 4.10. The van der Waals surface area contributed by atoms with E-state index in [-0.39, 0.29) is 6.04 Å². The van der Waals surface area contributed by atoms with Crippen LogP contribution in [0.2, 0.25) is 0 Å². The first kappa shape index (κ1) is 25.6. The van der Waals surface area contributed by atoms with Gasteiger partial charge >= 0.3 is 37.9 Å². The summed E-state index contributed by atoms with van der Waals surface area (Å²) in [5.41, 5.74) is 8.38. The van der Waals surface area contributed by atoms with Gasteiger partial charge in [-0.3, -0.25) is 0 Å². The Morgan fingerprint density at radius 1 is 0.842 bits per heavy atom. The van der Waals surface area contributed by atoms with Crippen LogP contribution >= 0.6 is 17.0 Å². The van der Waals surface area contributed by atoms with Gasteiger partial charge in [0.2, 0.25) is 0 Å². The first-order chi connectivity index (χ1) is 18.8. The fourth-order valence-corrected chi connectivity index (χ4v) is 5.81. The minimum Gasteiger partial charge on any atom is -0.332 e. The molecule has 0 amide bonds. The van der Waals surface area contributed by atoms with E-state index in [0.29, 0.717) is 0 Å². The van der Waals surface area contributed by atoms with Crippen molar-refractivity contribution in [3.8, 4) is 5.69 Å².